The minimum atomic E-state index is -3.60. The van der Waals surface area contributed by atoms with Crippen molar-refractivity contribution in [3.05, 3.63) is 40.5 Å². The van der Waals surface area contributed by atoms with Gasteiger partial charge >= 0.3 is 0 Å². The molecule has 8 heteroatoms. The average Bonchev–Trinajstić information content (AvgIpc) is 2.73. The molecule has 0 unspecified atom stereocenters. The van der Waals surface area contributed by atoms with E-state index in [1.165, 1.54) is 18.5 Å². The molecule has 0 amide bonds. The maximum Gasteiger partial charge on any atom is 0.242 e. The van der Waals surface area contributed by atoms with E-state index in [2.05, 4.69) is 30.8 Å². The third-order valence-electron chi connectivity index (χ3n) is 2.11. The Morgan fingerprint density at radius 1 is 1.39 bits per heavy atom. The smallest absolute Gasteiger partial charge is 0.242 e. The van der Waals surface area contributed by atoms with Crippen molar-refractivity contribution in [2.24, 2.45) is 0 Å². The highest BCUT2D eigenvalue weighted by molar-refractivity contribution is 9.10. The van der Waals surface area contributed by atoms with E-state index in [4.69, 9.17) is 4.52 Å². The fraction of sp³-hybridized carbons (Fsp3) is 0.200. The topological polar surface area (TPSA) is 85.1 Å². The van der Waals surface area contributed by atoms with Gasteiger partial charge in [0, 0.05) is 22.9 Å². The van der Waals surface area contributed by atoms with Crippen LogP contribution in [0.25, 0.3) is 0 Å². The highest BCUT2D eigenvalue weighted by atomic mass is 79.9. The van der Waals surface area contributed by atoms with E-state index >= 15 is 0 Å². The van der Waals surface area contributed by atoms with Crippen LogP contribution in [0, 0.1) is 6.92 Å². The Morgan fingerprint density at radius 2 is 2.17 bits per heavy atom. The van der Waals surface area contributed by atoms with Crippen molar-refractivity contribution in [2.45, 2.75) is 18.4 Å². The third-order valence-corrected chi connectivity index (χ3v) is 3.91. The number of sulfonamides is 1. The van der Waals surface area contributed by atoms with Gasteiger partial charge in [0.05, 0.1) is 12.2 Å². The second kappa shape index (κ2) is 5.17. The largest absolute Gasteiger partial charge is 0.361 e. The van der Waals surface area contributed by atoms with Crippen LogP contribution in [0.15, 0.2) is 38.4 Å². The van der Waals surface area contributed by atoms with Gasteiger partial charge in [0.2, 0.25) is 10.0 Å². The molecule has 0 fully saturated rings. The number of halogens is 1. The van der Waals surface area contributed by atoms with Gasteiger partial charge in [-0.25, -0.2) is 13.1 Å². The average molecular weight is 332 g/mol. The van der Waals surface area contributed by atoms with Crippen molar-refractivity contribution in [1.29, 1.82) is 0 Å². The lowest BCUT2D eigenvalue weighted by molar-refractivity contribution is 0.390. The number of nitrogens with one attached hydrogen (secondary N) is 1. The summed E-state index contributed by atoms with van der Waals surface area (Å²) < 4.78 is 31.7. The number of pyridine rings is 1. The number of hydrogen-bond acceptors (Lipinski definition) is 5. The highest BCUT2D eigenvalue weighted by Gasteiger charge is 2.15. The first-order valence-electron chi connectivity index (χ1n) is 5.00. The second-order valence-electron chi connectivity index (χ2n) is 3.59. The predicted molar refractivity (Wildman–Crippen MR) is 67.2 cm³/mol. The van der Waals surface area contributed by atoms with E-state index < -0.39 is 10.0 Å². The van der Waals surface area contributed by atoms with Gasteiger partial charge in [-0.05, 0) is 28.9 Å². The van der Waals surface area contributed by atoms with Gasteiger partial charge in [0.1, 0.15) is 10.7 Å². The number of aromatic nitrogens is 2. The molecule has 18 heavy (non-hydrogen) atoms. The Balaban J connectivity index is 2.13. The van der Waals surface area contributed by atoms with Crippen LogP contribution in [0.1, 0.15) is 11.5 Å². The van der Waals surface area contributed by atoms with Crippen LogP contribution in [0.3, 0.4) is 0 Å². The molecule has 0 atom stereocenters. The molecule has 0 radical (unpaired) electrons. The zero-order valence-electron chi connectivity index (χ0n) is 9.42. The van der Waals surface area contributed by atoms with E-state index in [0.717, 1.165) is 0 Å². The lowest BCUT2D eigenvalue weighted by atomic mass is 10.4. The van der Waals surface area contributed by atoms with Gasteiger partial charge < -0.3 is 4.52 Å². The monoisotopic (exact) mass is 331 g/mol. The molecule has 0 aliphatic rings. The molecule has 2 rings (SSSR count). The summed E-state index contributed by atoms with van der Waals surface area (Å²) >= 11 is 3.17. The molecule has 0 spiro atoms. The molecule has 0 bridgehead atoms. The highest BCUT2D eigenvalue weighted by Crippen LogP contribution is 2.14. The van der Waals surface area contributed by atoms with Crippen LogP contribution >= 0.6 is 15.9 Å². The van der Waals surface area contributed by atoms with E-state index in [0.29, 0.717) is 15.9 Å². The molecular weight excluding hydrogens is 322 g/mol. The fourth-order valence-corrected chi connectivity index (χ4v) is 2.80. The van der Waals surface area contributed by atoms with Gasteiger partial charge in [-0.15, -0.1) is 0 Å². The molecule has 2 aromatic heterocycles. The van der Waals surface area contributed by atoms with Crippen molar-refractivity contribution < 1.29 is 12.9 Å². The first-order valence-corrected chi connectivity index (χ1v) is 7.27. The summed E-state index contributed by atoms with van der Waals surface area (Å²) in [4.78, 5) is 3.90. The summed E-state index contributed by atoms with van der Waals surface area (Å²) in [6, 6.07) is 3.14. The van der Waals surface area contributed by atoms with Crippen LogP contribution < -0.4 is 4.72 Å². The molecule has 6 nitrogen and oxygen atoms in total. The Bertz CT molecular complexity index is 654. The summed E-state index contributed by atoms with van der Waals surface area (Å²) in [6.07, 6.45) is 2.79. The van der Waals surface area contributed by atoms with Crippen LogP contribution in [-0.2, 0) is 16.6 Å². The fourth-order valence-electron chi connectivity index (χ4n) is 1.29. The zero-order valence-corrected chi connectivity index (χ0v) is 11.8. The summed E-state index contributed by atoms with van der Waals surface area (Å²) in [7, 11) is -3.60. The van der Waals surface area contributed by atoms with Gasteiger partial charge in [-0.2, -0.15) is 0 Å². The maximum absolute atomic E-state index is 11.9. The first-order chi connectivity index (χ1) is 8.47. The van der Waals surface area contributed by atoms with Crippen LogP contribution in [0.5, 0.6) is 0 Å². The summed E-state index contributed by atoms with van der Waals surface area (Å²) in [6.45, 7) is 1.81. The quantitative estimate of drug-likeness (QED) is 0.920. The van der Waals surface area contributed by atoms with Gasteiger partial charge in [0.25, 0.3) is 0 Å². The van der Waals surface area contributed by atoms with E-state index in [1.54, 1.807) is 13.0 Å². The minimum Gasteiger partial charge on any atom is -0.361 e. The standard InChI is InChI=1S/C10H10BrN3O3S/c1-7-2-9(14-17-7)5-13-18(15,16)10-3-8(11)4-12-6-10/h2-4,6,13H,5H2,1H3. The van der Waals surface area contributed by atoms with E-state index in [9.17, 15) is 8.42 Å². The summed E-state index contributed by atoms with van der Waals surface area (Å²) in [5.74, 6) is 0.633. The predicted octanol–water partition coefficient (Wildman–Crippen LogP) is 1.62. The van der Waals surface area contributed by atoms with Gasteiger partial charge in [0.15, 0.2) is 0 Å². The number of rotatable bonds is 4. The van der Waals surface area contributed by atoms with Crippen LogP contribution in [0.2, 0.25) is 0 Å². The molecule has 2 aromatic rings. The summed E-state index contributed by atoms with van der Waals surface area (Å²) in [5.41, 5.74) is 0.527. The zero-order chi connectivity index (χ0) is 13.2. The van der Waals surface area contributed by atoms with Crippen molar-refractivity contribution in [2.75, 3.05) is 0 Å². The molecule has 1 N–H and O–H groups in total. The molecule has 0 saturated carbocycles. The Morgan fingerprint density at radius 3 is 2.78 bits per heavy atom. The molecule has 0 aliphatic carbocycles. The van der Waals surface area contributed by atoms with Gasteiger partial charge in [-0.1, -0.05) is 5.16 Å². The molecule has 2 heterocycles. The Hall–Kier alpha value is -1.25. The number of hydrogen-bond donors (Lipinski definition) is 1. The normalized spacial score (nSPS) is 11.7. The second-order valence-corrected chi connectivity index (χ2v) is 6.27. The molecule has 0 aromatic carbocycles. The van der Waals surface area contributed by atoms with Crippen molar-refractivity contribution in [3.8, 4) is 0 Å². The lowest BCUT2D eigenvalue weighted by Gasteiger charge is -2.04. The van der Waals surface area contributed by atoms with Gasteiger partial charge in [-0.3, -0.25) is 4.98 Å². The Labute approximate surface area is 113 Å². The van der Waals surface area contributed by atoms with Crippen LogP contribution in [-0.4, -0.2) is 18.6 Å². The van der Waals surface area contributed by atoms with Crippen molar-refractivity contribution in [3.63, 3.8) is 0 Å². The first kappa shape index (κ1) is 13.2. The maximum atomic E-state index is 11.9. The lowest BCUT2D eigenvalue weighted by Crippen LogP contribution is -2.23. The number of nitrogens with zero attached hydrogens (tertiary/aromatic N) is 2. The van der Waals surface area contributed by atoms with Crippen LogP contribution in [0.4, 0.5) is 0 Å². The molecular formula is C10H10BrN3O3S. The molecule has 0 saturated heterocycles. The van der Waals surface area contributed by atoms with E-state index in [-0.39, 0.29) is 11.4 Å². The van der Waals surface area contributed by atoms with Crippen molar-refractivity contribution >= 4 is 26.0 Å². The summed E-state index contributed by atoms with van der Waals surface area (Å²) in [5, 5.41) is 3.70. The minimum absolute atomic E-state index is 0.0756. The molecule has 96 valence electrons. The number of aryl methyl sites for hydroxylation is 1. The van der Waals surface area contributed by atoms with E-state index in [1.807, 2.05) is 0 Å². The Kier molecular flexibility index (Phi) is 3.79. The van der Waals surface area contributed by atoms with Crippen molar-refractivity contribution in [1.82, 2.24) is 14.9 Å². The SMILES string of the molecule is Cc1cc(CNS(=O)(=O)c2cncc(Br)c2)no1. The third kappa shape index (κ3) is 3.15. The molecule has 0 aliphatic heterocycles.